The number of halogens is 1. The van der Waals surface area contributed by atoms with Gasteiger partial charge in [-0.05, 0) is 6.07 Å². The van der Waals surface area contributed by atoms with Crippen molar-refractivity contribution in [2.24, 2.45) is 0 Å². The zero-order valence-electron chi connectivity index (χ0n) is 7.24. The summed E-state index contributed by atoms with van der Waals surface area (Å²) in [5, 5.41) is 22.1. The first-order valence-electron chi connectivity index (χ1n) is 3.66. The lowest BCUT2D eigenvalue weighted by atomic mass is 10.1. The first kappa shape index (κ1) is 10.3. The zero-order valence-corrected chi connectivity index (χ0v) is 8.00. The van der Waals surface area contributed by atoms with Gasteiger partial charge in [0.05, 0.1) is 9.95 Å². The van der Waals surface area contributed by atoms with Crippen molar-refractivity contribution in [2.75, 3.05) is 12.4 Å². The van der Waals surface area contributed by atoms with Crippen molar-refractivity contribution in [1.29, 1.82) is 5.26 Å². The first-order chi connectivity index (χ1) is 6.61. The number of nitrogens with zero attached hydrogens (tertiary/aromatic N) is 2. The number of benzene rings is 1. The lowest BCUT2D eigenvalue weighted by Crippen LogP contribution is -1.99. The van der Waals surface area contributed by atoms with Gasteiger partial charge in [-0.1, -0.05) is 11.6 Å². The first-order valence-corrected chi connectivity index (χ1v) is 4.04. The molecular weight excluding hydrogens is 206 g/mol. The van der Waals surface area contributed by atoms with E-state index in [9.17, 15) is 10.1 Å². The Labute approximate surface area is 85.1 Å². The second-order valence-electron chi connectivity index (χ2n) is 2.44. The van der Waals surface area contributed by atoms with Crippen LogP contribution in [0.15, 0.2) is 12.1 Å². The van der Waals surface area contributed by atoms with Gasteiger partial charge in [-0.2, -0.15) is 5.26 Å². The summed E-state index contributed by atoms with van der Waals surface area (Å²) >= 11 is 5.70. The van der Waals surface area contributed by atoms with Crippen molar-refractivity contribution >= 4 is 23.0 Å². The third kappa shape index (κ3) is 1.60. The smallest absolute Gasteiger partial charge is 0.293 e. The van der Waals surface area contributed by atoms with E-state index in [1.54, 1.807) is 0 Å². The molecule has 1 rings (SSSR count). The summed E-state index contributed by atoms with van der Waals surface area (Å²) in [4.78, 5) is 10.0. The maximum absolute atomic E-state index is 10.6. The van der Waals surface area contributed by atoms with Crippen molar-refractivity contribution in [3.63, 3.8) is 0 Å². The van der Waals surface area contributed by atoms with Gasteiger partial charge in [-0.25, -0.2) is 0 Å². The van der Waals surface area contributed by atoms with Crippen LogP contribution in [-0.2, 0) is 0 Å². The van der Waals surface area contributed by atoms with Crippen molar-refractivity contribution in [1.82, 2.24) is 0 Å². The van der Waals surface area contributed by atoms with Gasteiger partial charge in [0, 0.05) is 13.1 Å². The molecule has 0 atom stereocenters. The molecule has 1 N–H and O–H groups in total. The van der Waals surface area contributed by atoms with Gasteiger partial charge in [0.1, 0.15) is 17.3 Å². The third-order valence-corrected chi connectivity index (χ3v) is 2.01. The van der Waals surface area contributed by atoms with E-state index in [4.69, 9.17) is 16.9 Å². The molecule has 0 saturated carbocycles. The quantitative estimate of drug-likeness (QED) is 0.601. The summed E-state index contributed by atoms with van der Waals surface area (Å²) in [6, 6.07) is 4.40. The Hall–Kier alpha value is -1.80. The molecule has 0 aromatic heterocycles. The molecule has 1 aromatic carbocycles. The third-order valence-electron chi connectivity index (χ3n) is 1.69. The van der Waals surface area contributed by atoms with Gasteiger partial charge < -0.3 is 5.32 Å². The number of hydrogen-bond acceptors (Lipinski definition) is 4. The molecule has 72 valence electrons. The second kappa shape index (κ2) is 3.94. The average Bonchev–Trinajstić information content (AvgIpc) is 2.16. The minimum Gasteiger partial charge on any atom is -0.381 e. The molecule has 0 amide bonds. The fourth-order valence-electron chi connectivity index (χ4n) is 1.08. The van der Waals surface area contributed by atoms with Crippen LogP contribution in [0.5, 0.6) is 0 Å². The van der Waals surface area contributed by atoms with Crippen LogP contribution in [0, 0.1) is 21.4 Å². The van der Waals surface area contributed by atoms with Gasteiger partial charge >= 0.3 is 0 Å². The average molecular weight is 212 g/mol. The molecule has 0 bridgehead atoms. The van der Waals surface area contributed by atoms with Crippen LogP contribution in [-0.4, -0.2) is 12.0 Å². The van der Waals surface area contributed by atoms with Gasteiger partial charge in [-0.3, -0.25) is 10.1 Å². The van der Waals surface area contributed by atoms with Crippen molar-refractivity contribution in [2.45, 2.75) is 0 Å². The van der Waals surface area contributed by atoms with Gasteiger partial charge in [0.2, 0.25) is 0 Å². The summed E-state index contributed by atoms with van der Waals surface area (Å²) in [5.74, 6) is 0. The Morgan fingerprint density at radius 2 is 2.29 bits per heavy atom. The Balaban J connectivity index is 3.50. The number of nitro benzene ring substituents is 1. The van der Waals surface area contributed by atoms with E-state index in [1.807, 2.05) is 6.07 Å². The van der Waals surface area contributed by atoms with Gasteiger partial charge in [0.15, 0.2) is 0 Å². The lowest BCUT2D eigenvalue weighted by molar-refractivity contribution is -0.384. The molecule has 0 fully saturated rings. The predicted molar refractivity (Wildman–Crippen MR) is 52.4 cm³/mol. The molecule has 0 radical (unpaired) electrons. The van der Waals surface area contributed by atoms with E-state index in [0.717, 1.165) is 0 Å². The highest BCUT2D eigenvalue weighted by Gasteiger charge is 2.18. The highest BCUT2D eigenvalue weighted by Crippen LogP contribution is 2.32. The summed E-state index contributed by atoms with van der Waals surface area (Å²) in [7, 11) is 1.50. The molecule has 0 spiro atoms. The molecule has 14 heavy (non-hydrogen) atoms. The normalized spacial score (nSPS) is 9.21. The SMILES string of the molecule is CNc1c([N+](=O)[O-])ccc(Cl)c1C#N. The Bertz CT molecular complexity index is 425. The van der Waals surface area contributed by atoms with Crippen LogP contribution in [0.2, 0.25) is 5.02 Å². The number of nitrogens with one attached hydrogen (secondary N) is 1. The minimum atomic E-state index is -0.566. The second-order valence-corrected chi connectivity index (χ2v) is 2.84. The summed E-state index contributed by atoms with van der Waals surface area (Å²) in [6.07, 6.45) is 0. The van der Waals surface area contributed by atoms with Crippen LogP contribution in [0.1, 0.15) is 5.56 Å². The Morgan fingerprint density at radius 3 is 2.71 bits per heavy atom. The highest BCUT2D eigenvalue weighted by atomic mass is 35.5. The van der Waals surface area contributed by atoms with E-state index >= 15 is 0 Å². The molecule has 0 unspecified atom stereocenters. The van der Waals surface area contributed by atoms with E-state index in [1.165, 1.54) is 19.2 Å². The fraction of sp³-hybridized carbons (Fsp3) is 0.125. The van der Waals surface area contributed by atoms with E-state index < -0.39 is 4.92 Å². The molecule has 0 aliphatic heterocycles. The Kier molecular flexibility index (Phi) is 2.89. The van der Waals surface area contributed by atoms with Crippen LogP contribution in [0.3, 0.4) is 0 Å². The lowest BCUT2D eigenvalue weighted by Gasteiger charge is -2.04. The van der Waals surface area contributed by atoms with Crippen LogP contribution >= 0.6 is 11.6 Å². The largest absolute Gasteiger partial charge is 0.381 e. The van der Waals surface area contributed by atoms with Crippen molar-refractivity contribution in [3.8, 4) is 6.07 Å². The number of rotatable bonds is 2. The maximum atomic E-state index is 10.6. The molecule has 0 heterocycles. The standard InChI is InChI=1S/C8H6ClN3O2/c1-11-8-5(4-10)6(9)2-3-7(8)12(13)14/h2-3,11H,1H3. The van der Waals surface area contributed by atoms with Crippen LogP contribution in [0.4, 0.5) is 11.4 Å². The molecule has 5 nitrogen and oxygen atoms in total. The van der Waals surface area contributed by atoms with Crippen LogP contribution < -0.4 is 5.32 Å². The monoisotopic (exact) mass is 211 g/mol. The van der Waals surface area contributed by atoms with Crippen molar-refractivity contribution in [3.05, 3.63) is 32.8 Å². The summed E-state index contributed by atoms with van der Waals surface area (Å²) in [5.41, 5.74) is 0.0711. The summed E-state index contributed by atoms with van der Waals surface area (Å²) < 4.78 is 0. The number of hydrogen-bond donors (Lipinski definition) is 1. The number of nitriles is 1. The predicted octanol–water partition coefficient (Wildman–Crippen LogP) is 2.16. The van der Waals surface area contributed by atoms with E-state index in [0.29, 0.717) is 0 Å². The topological polar surface area (TPSA) is 79.0 Å². The Morgan fingerprint density at radius 1 is 1.64 bits per heavy atom. The van der Waals surface area contributed by atoms with Gasteiger partial charge in [-0.15, -0.1) is 0 Å². The fourth-order valence-corrected chi connectivity index (χ4v) is 1.28. The zero-order chi connectivity index (χ0) is 10.7. The van der Waals surface area contributed by atoms with Gasteiger partial charge in [0.25, 0.3) is 5.69 Å². The van der Waals surface area contributed by atoms with Crippen LogP contribution in [0.25, 0.3) is 0 Å². The summed E-state index contributed by atoms with van der Waals surface area (Å²) in [6.45, 7) is 0. The molecule has 6 heteroatoms. The molecular formula is C8H6ClN3O2. The minimum absolute atomic E-state index is 0.0865. The number of anilines is 1. The molecule has 1 aromatic rings. The molecule has 0 saturated heterocycles. The van der Waals surface area contributed by atoms with E-state index in [2.05, 4.69) is 5.32 Å². The number of nitro groups is 1. The molecule has 0 aliphatic rings. The maximum Gasteiger partial charge on any atom is 0.293 e. The van der Waals surface area contributed by atoms with E-state index in [-0.39, 0.29) is 22.0 Å². The highest BCUT2D eigenvalue weighted by molar-refractivity contribution is 6.32. The van der Waals surface area contributed by atoms with Crippen molar-refractivity contribution < 1.29 is 4.92 Å². The molecule has 0 aliphatic carbocycles.